The summed E-state index contributed by atoms with van der Waals surface area (Å²) >= 11 is 6.06. The highest BCUT2D eigenvalue weighted by Crippen LogP contribution is 2.31. The van der Waals surface area contributed by atoms with Gasteiger partial charge in [-0.3, -0.25) is 4.79 Å². The number of aryl methyl sites for hydroxylation is 1. The molecule has 0 aliphatic heterocycles. The Hall–Kier alpha value is -2.09. The molecule has 0 aliphatic carbocycles. The second-order valence-electron chi connectivity index (χ2n) is 5.54. The molecule has 1 N–H and O–H groups in total. The van der Waals surface area contributed by atoms with Crippen LogP contribution in [-0.2, 0) is 14.8 Å². The van der Waals surface area contributed by atoms with Crippen LogP contribution in [0.1, 0.15) is 5.56 Å². The molecule has 25 heavy (non-hydrogen) atoms. The van der Waals surface area contributed by atoms with Crippen LogP contribution in [0.25, 0.3) is 0 Å². The zero-order chi connectivity index (χ0) is 18.6. The molecular weight excluding hydrogens is 364 g/mol. The van der Waals surface area contributed by atoms with Crippen molar-refractivity contribution in [1.82, 2.24) is 4.31 Å². The highest BCUT2D eigenvalue weighted by molar-refractivity contribution is 7.89. The van der Waals surface area contributed by atoms with Gasteiger partial charge >= 0.3 is 0 Å². The standard InChI is InChI=1S/C17H19ClN2O4S/c1-12-9-14(18)16(25(22,23)20(2)3)10-15(12)24-11-17(21)19-13-7-5-4-6-8-13/h4-10H,11H2,1-3H3,(H,19,21). The van der Waals surface area contributed by atoms with Gasteiger partial charge in [0, 0.05) is 25.8 Å². The van der Waals surface area contributed by atoms with E-state index in [0.717, 1.165) is 4.31 Å². The molecule has 2 aromatic rings. The summed E-state index contributed by atoms with van der Waals surface area (Å²) < 4.78 is 31.2. The second kappa shape index (κ2) is 7.86. The van der Waals surface area contributed by atoms with Gasteiger partial charge in [0.1, 0.15) is 10.6 Å². The maximum atomic E-state index is 12.3. The van der Waals surface area contributed by atoms with Crippen LogP contribution in [0.4, 0.5) is 5.69 Å². The normalized spacial score (nSPS) is 11.4. The Labute approximate surface area is 152 Å². The Kier molecular flexibility index (Phi) is 6.05. The number of carbonyl (C=O) groups excluding carboxylic acids is 1. The van der Waals surface area contributed by atoms with Gasteiger partial charge < -0.3 is 10.1 Å². The maximum Gasteiger partial charge on any atom is 0.262 e. The van der Waals surface area contributed by atoms with E-state index in [1.165, 1.54) is 26.2 Å². The molecular formula is C17H19ClN2O4S. The van der Waals surface area contributed by atoms with E-state index in [0.29, 0.717) is 11.3 Å². The minimum Gasteiger partial charge on any atom is -0.483 e. The molecule has 0 unspecified atom stereocenters. The summed E-state index contributed by atoms with van der Waals surface area (Å²) in [6.07, 6.45) is 0. The van der Waals surface area contributed by atoms with Crippen LogP contribution < -0.4 is 10.1 Å². The van der Waals surface area contributed by atoms with Crippen molar-refractivity contribution < 1.29 is 17.9 Å². The largest absolute Gasteiger partial charge is 0.483 e. The van der Waals surface area contributed by atoms with Crippen molar-refractivity contribution >= 4 is 33.2 Å². The van der Waals surface area contributed by atoms with Crippen LogP contribution in [0.15, 0.2) is 47.4 Å². The lowest BCUT2D eigenvalue weighted by Gasteiger charge is -2.16. The minimum atomic E-state index is -3.71. The van der Waals surface area contributed by atoms with Gasteiger partial charge in [0.15, 0.2) is 6.61 Å². The Morgan fingerprint density at radius 1 is 1.20 bits per heavy atom. The van der Waals surface area contributed by atoms with Gasteiger partial charge in [-0.05, 0) is 30.7 Å². The van der Waals surface area contributed by atoms with Gasteiger partial charge in [-0.1, -0.05) is 29.8 Å². The Balaban J connectivity index is 2.16. The fraction of sp³-hybridized carbons (Fsp3) is 0.235. The van der Waals surface area contributed by atoms with Crippen LogP contribution in [0.5, 0.6) is 5.75 Å². The fourth-order valence-corrected chi connectivity index (χ4v) is 3.51. The summed E-state index contributed by atoms with van der Waals surface area (Å²) in [4.78, 5) is 11.9. The number of hydrogen-bond acceptors (Lipinski definition) is 4. The van der Waals surface area contributed by atoms with Gasteiger partial charge in [-0.2, -0.15) is 0 Å². The first-order valence-corrected chi connectivity index (χ1v) is 9.24. The number of para-hydroxylation sites is 1. The number of amides is 1. The average molecular weight is 383 g/mol. The topological polar surface area (TPSA) is 75.7 Å². The predicted octanol–water partition coefficient (Wildman–Crippen LogP) is 2.92. The van der Waals surface area contributed by atoms with Crippen molar-refractivity contribution in [2.45, 2.75) is 11.8 Å². The molecule has 0 aliphatic rings. The van der Waals surface area contributed by atoms with E-state index in [9.17, 15) is 13.2 Å². The quantitative estimate of drug-likeness (QED) is 0.833. The number of halogens is 1. The zero-order valence-electron chi connectivity index (χ0n) is 14.1. The lowest BCUT2D eigenvalue weighted by Crippen LogP contribution is -2.23. The average Bonchev–Trinajstić information content (AvgIpc) is 2.54. The van der Waals surface area contributed by atoms with Crippen molar-refractivity contribution in [3.05, 3.63) is 53.1 Å². The van der Waals surface area contributed by atoms with E-state index in [4.69, 9.17) is 16.3 Å². The van der Waals surface area contributed by atoms with E-state index in [1.807, 2.05) is 6.07 Å². The smallest absolute Gasteiger partial charge is 0.262 e. The molecule has 2 aromatic carbocycles. The monoisotopic (exact) mass is 382 g/mol. The van der Waals surface area contributed by atoms with Crippen LogP contribution in [-0.4, -0.2) is 39.3 Å². The van der Waals surface area contributed by atoms with Crippen LogP contribution in [0.2, 0.25) is 5.02 Å². The van der Waals surface area contributed by atoms with Gasteiger partial charge in [0.2, 0.25) is 10.0 Å². The Morgan fingerprint density at radius 2 is 1.84 bits per heavy atom. The summed E-state index contributed by atoms with van der Waals surface area (Å²) in [5.74, 6) is -0.0643. The molecule has 0 atom stereocenters. The van der Waals surface area contributed by atoms with Crippen molar-refractivity contribution in [3.8, 4) is 5.75 Å². The number of rotatable bonds is 6. The van der Waals surface area contributed by atoms with Gasteiger partial charge in [-0.15, -0.1) is 0 Å². The van der Waals surface area contributed by atoms with Crippen molar-refractivity contribution in [3.63, 3.8) is 0 Å². The van der Waals surface area contributed by atoms with E-state index in [-0.39, 0.29) is 28.2 Å². The molecule has 1 amide bonds. The van der Waals surface area contributed by atoms with Gasteiger partial charge in [0.05, 0.1) is 5.02 Å². The molecule has 0 spiro atoms. The number of ether oxygens (including phenoxy) is 1. The third kappa shape index (κ3) is 4.72. The summed E-state index contributed by atoms with van der Waals surface area (Å²) in [7, 11) is -0.881. The molecule has 0 saturated heterocycles. The SMILES string of the molecule is Cc1cc(Cl)c(S(=O)(=O)N(C)C)cc1OCC(=O)Nc1ccccc1. The Bertz CT molecular complexity index is 868. The highest BCUT2D eigenvalue weighted by Gasteiger charge is 2.22. The maximum absolute atomic E-state index is 12.3. The lowest BCUT2D eigenvalue weighted by molar-refractivity contribution is -0.118. The third-order valence-electron chi connectivity index (χ3n) is 3.40. The summed E-state index contributed by atoms with van der Waals surface area (Å²) in [5, 5.41) is 2.79. The van der Waals surface area contributed by atoms with Gasteiger partial charge in [0.25, 0.3) is 5.91 Å². The molecule has 0 fully saturated rings. The van der Waals surface area contributed by atoms with Crippen LogP contribution >= 0.6 is 11.6 Å². The van der Waals surface area contributed by atoms with Crippen LogP contribution in [0, 0.1) is 6.92 Å². The molecule has 0 saturated carbocycles. The first-order chi connectivity index (χ1) is 11.7. The summed E-state index contributed by atoms with van der Waals surface area (Å²) in [5.41, 5.74) is 1.29. The molecule has 0 aromatic heterocycles. The second-order valence-corrected chi connectivity index (χ2v) is 8.07. The van der Waals surface area contributed by atoms with Crippen molar-refractivity contribution in [2.24, 2.45) is 0 Å². The number of nitrogens with one attached hydrogen (secondary N) is 1. The fourth-order valence-electron chi connectivity index (χ4n) is 2.05. The Morgan fingerprint density at radius 3 is 2.44 bits per heavy atom. The number of sulfonamides is 1. The van der Waals surface area contributed by atoms with Crippen molar-refractivity contribution in [1.29, 1.82) is 0 Å². The molecule has 8 heteroatoms. The summed E-state index contributed by atoms with van der Waals surface area (Å²) in [6, 6.07) is 11.8. The third-order valence-corrected chi connectivity index (χ3v) is 5.68. The molecule has 2 rings (SSSR count). The molecule has 134 valence electrons. The van der Waals surface area contributed by atoms with Gasteiger partial charge in [-0.25, -0.2) is 12.7 Å². The van der Waals surface area contributed by atoms with E-state index < -0.39 is 10.0 Å². The lowest BCUT2D eigenvalue weighted by atomic mass is 10.2. The number of carbonyl (C=O) groups is 1. The van der Waals surface area contributed by atoms with E-state index in [1.54, 1.807) is 31.2 Å². The van der Waals surface area contributed by atoms with Crippen molar-refractivity contribution in [2.75, 3.05) is 26.0 Å². The van der Waals surface area contributed by atoms with E-state index >= 15 is 0 Å². The number of nitrogens with zero attached hydrogens (tertiary/aromatic N) is 1. The highest BCUT2D eigenvalue weighted by atomic mass is 35.5. The number of hydrogen-bond donors (Lipinski definition) is 1. The predicted molar refractivity (Wildman–Crippen MR) is 97.6 cm³/mol. The molecule has 6 nitrogen and oxygen atoms in total. The summed E-state index contributed by atoms with van der Waals surface area (Å²) in [6.45, 7) is 1.47. The molecule has 0 bridgehead atoms. The van der Waals surface area contributed by atoms with Crippen LogP contribution in [0.3, 0.4) is 0 Å². The first kappa shape index (κ1) is 19.2. The zero-order valence-corrected chi connectivity index (χ0v) is 15.7. The van der Waals surface area contributed by atoms with E-state index in [2.05, 4.69) is 5.32 Å². The number of anilines is 1. The molecule has 0 heterocycles. The number of benzene rings is 2. The first-order valence-electron chi connectivity index (χ1n) is 7.42. The minimum absolute atomic E-state index is 0.0664. The molecule has 0 radical (unpaired) electrons.